The number of rotatable bonds is 5. The van der Waals surface area contributed by atoms with Crippen LogP contribution in [0.15, 0.2) is 71.7 Å². The van der Waals surface area contributed by atoms with E-state index < -0.39 is 29.7 Å². The van der Waals surface area contributed by atoms with Crippen LogP contribution in [0.4, 0.5) is 30.2 Å². The molecule has 0 aliphatic carbocycles. The van der Waals surface area contributed by atoms with Crippen molar-refractivity contribution < 1.29 is 27.8 Å². The number of methoxy groups -OCH3 is 1. The van der Waals surface area contributed by atoms with Crippen molar-refractivity contribution in [3.8, 4) is 5.75 Å². The van der Waals surface area contributed by atoms with Crippen molar-refractivity contribution >= 4 is 29.0 Å². The summed E-state index contributed by atoms with van der Waals surface area (Å²) in [7, 11) is 1.39. The first-order chi connectivity index (χ1) is 19.1. The number of fused-ring (bicyclic) bond motifs is 1. The zero-order chi connectivity index (χ0) is 28.6. The van der Waals surface area contributed by atoms with Crippen LogP contribution in [-0.2, 0) is 11.0 Å². The Labute approximate surface area is 231 Å². The smallest absolute Gasteiger partial charge is 0.416 e. The van der Waals surface area contributed by atoms with Gasteiger partial charge in [0.25, 0.3) is 0 Å². The van der Waals surface area contributed by atoms with Crippen LogP contribution in [0.2, 0.25) is 0 Å². The highest BCUT2D eigenvalue weighted by molar-refractivity contribution is 6.02. The lowest BCUT2D eigenvalue weighted by atomic mass is 9.90. The molecule has 0 aromatic heterocycles. The molecule has 2 aliphatic rings. The van der Waals surface area contributed by atoms with Crippen LogP contribution >= 0.6 is 0 Å². The maximum absolute atomic E-state index is 13.9. The minimum atomic E-state index is -4.60. The van der Waals surface area contributed by atoms with Crippen molar-refractivity contribution in [3.05, 3.63) is 83.4 Å². The normalized spacial score (nSPS) is 18.2. The minimum Gasteiger partial charge on any atom is -0.495 e. The lowest BCUT2D eigenvalue weighted by molar-refractivity contribution is -0.142. The lowest BCUT2D eigenvalue weighted by Gasteiger charge is -2.46. The molecule has 7 nitrogen and oxygen atoms in total. The lowest BCUT2D eigenvalue weighted by Crippen LogP contribution is -2.56. The van der Waals surface area contributed by atoms with E-state index in [4.69, 9.17) is 9.73 Å². The van der Waals surface area contributed by atoms with Gasteiger partial charge in [-0.25, -0.2) is 4.99 Å². The van der Waals surface area contributed by atoms with Gasteiger partial charge < -0.3 is 24.5 Å². The van der Waals surface area contributed by atoms with Gasteiger partial charge in [-0.2, -0.15) is 13.2 Å². The predicted octanol–water partition coefficient (Wildman–Crippen LogP) is 6.11. The Morgan fingerprint density at radius 1 is 1.00 bits per heavy atom. The maximum atomic E-state index is 13.9. The van der Waals surface area contributed by atoms with Gasteiger partial charge in [0.05, 0.1) is 36.0 Å². The number of carbonyl (C=O) groups is 1. The number of halogens is 3. The Morgan fingerprint density at radius 2 is 1.70 bits per heavy atom. The summed E-state index contributed by atoms with van der Waals surface area (Å²) in [5.41, 5.74) is 2.74. The van der Waals surface area contributed by atoms with E-state index in [1.54, 1.807) is 30.0 Å². The van der Waals surface area contributed by atoms with Gasteiger partial charge in [0.15, 0.2) is 0 Å². The predicted molar refractivity (Wildman–Crippen MR) is 149 cm³/mol. The van der Waals surface area contributed by atoms with Crippen LogP contribution in [0.1, 0.15) is 29.7 Å². The molecule has 0 spiro atoms. The van der Waals surface area contributed by atoms with Crippen LogP contribution in [0.3, 0.4) is 0 Å². The number of piperazine rings is 1. The Balaban J connectivity index is 1.62. The molecule has 3 aromatic carbocycles. The number of aryl methyl sites for hydroxylation is 1. The molecular formula is C30H31F3N4O3. The van der Waals surface area contributed by atoms with E-state index in [2.05, 4.69) is 17.0 Å². The second kappa shape index (κ2) is 10.7. The third-order valence-electron chi connectivity index (χ3n) is 7.53. The fourth-order valence-electron chi connectivity index (χ4n) is 5.42. The summed E-state index contributed by atoms with van der Waals surface area (Å²) in [6.07, 6.45) is -4.60. The Hall–Kier alpha value is -4.21. The molecule has 1 N–H and O–H groups in total. The SMILES string of the molecule is COc1ccc(C(F)(F)F)cc1N1C(N2CCN(c3cccc(C)c3)CC2)=Nc2ccccc2C1C(C)C(=O)O. The molecule has 1 fully saturated rings. The topological polar surface area (TPSA) is 68.6 Å². The minimum absolute atomic E-state index is 0.116. The molecular weight excluding hydrogens is 521 g/mol. The fraction of sp³-hybridized carbons (Fsp3) is 0.333. The highest BCUT2D eigenvalue weighted by atomic mass is 19.4. The van der Waals surface area contributed by atoms with E-state index in [0.29, 0.717) is 43.4 Å². The van der Waals surface area contributed by atoms with E-state index in [1.807, 2.05) is 30.0 Å². The second-order valence-electron chi connectivity index (χ2n) is 10.1. The monoisotopic (exact) mass is 552 g/mol. The molecule has 0 amide bonds. The number of guanidine groups is 1. The molecule has 5 rings (SSSR count). The van der Waals surface area contributed by atoms with Crippen molar-refractivity contribution in [2.45, 2.75) is 26.1 Å². The Bertz CT molecular complexity index is 1430. The number of carboxylic acid groups (broad SMARTS) is 1. The number of ether oxygens (including phenoxy) is 1. The van der Waals surface area contributed by atoms with Gasteiger partial charge >= 0.3 is 12.1 Å². The average molecular weight is 553 g/mol. The zero-order valence-electron chi connectivity index (χ0n) is 22.5. The molecule has 2 unspecified atom stereocenters. The molecule has 0 bridgehead atoms. The molecule has 2 heterocycles. The van der Waals surface area contributed by atoms with Gasteiger partial charge in [0.1, 0.15) is 5.75 Å². The number of hydrogen-bond donors (Lipinski definition) is 1. The number of carboxylic acids is 1. The number of benzene rings is 3. The number of hydrogen-bond acceptors (Lipinski definition) is 6. The summed E-state index contributed by atoms with van der Waals surface area (Å²) < 4.78 is 47.2. The summed E-state index contributed by atoms with van der Waals surface area (Å²) in [6, 6.07) is 17.8. The fourth-order valence-corrected chi connectivity index (χ4v) is 5.42. The van der Waals surface area contributed by atoms with Crippen LogP contribution in [0, 0.1) is 12.8 Å². The summed E-state index contributed by atoms with van der Waals surface area (Å²) in [6.45, 7) is 6.02. The summed E-state index contributed by atoms with van der Waals surface area (Å²) in [5, 5.41) is 10.1. The summed E-state index contributed by atoms with van der Waals surface area (Å²) in [4.78, 5) is 23.2. The summed E-state index contributed by atoms with van der Waals surface area (Å²) in [5.74, 6) is -1.44. The number of alkyl halides is 3. The van der Waals surface area contributed by atoms with Gasteiger partial charge in [-0.1, -0.05) is 30.3 Å². The molecule has 10 heteroatoms. The molecule has 2 aliphatic heterocycles. The van der Waals surface area contributed by atoms with Crippen molar-refractivity contribution in [2.75, 3.05) is 43.1 Å². The highest BCUT2D eigenvalue weighted by Gasteiger charge is 2.42. The zero-order valence-corrected chi connectivity index (χ0v) is 22.5. The number of para-hydroxylation sites is 1. The van der Waals surface area contributed by atoms with E-state index >= 15 is 0 Å². The Morgan fingerprint density at radius 3 is 2.35 bits per heavy atom. The number of nitrogens with zero attached hydrogens (tertiary/aromatic N) is 4. The Kier molecular flexibility index (Phi) is 7.35. The van der Waals surface area contributed by atoms with E-state index in [0.717, 1.165) is 23.4 Å². The second-order valence-corrected chi connectivity index (χ2v) is 10.1. The van der Waals surface area contributed by atoms with Crippen molar-refractivity contribution in [3.63, 3.8) is 0 Å². The van der Waals surface area contributed by atoms with Crippen LogP contribution in [0.5, 0.6) is 5.75 Å². The molecule has 40 heavy (non-hydrogen) atoms. The summed E-state index contributed by atoms with van der Waals surface area (Å²) >= 11 is 0. The van der Waals surface area contributed by atoms with Gasteiger partial charge in [0.2, 0.25) is 5.96 Å². The highest BCUT2D eigenvalue weighted by Crippen LogP contribution is 2.46. The van der Waals surface area contributed by atoms with Crippen molar-refractivity contribution in [2.24, 2.45) is 10.9 Å². The third-order valence-corrected chi connectivity index (χ3v) is 7.53. The van der Waals surface area contributed by atoms with E-state index in [9.17, 15) is 23.1 Å². The number of aliphatic carboxylic acids is 1. The van der Waals surface area contributed by atoms with Crippen molar-refractivity contribution in [1.29, 1.82) is 0 Å². The molecule has 210 valence electrons. The van der Waals surface area contributed by atoms with E-state index in [1.165, 1.54) is 13.2 Å². The molecule has 1 saturated heterocycles. The van der Waals surface area contributed by atoms with Gasteiger partial charge in [-0.05, 0) is 55.8 Å². The molecule has 0 radical (unpaired) electrons. The van der Waals surface area contributed by atoms with Crippen molar-refractivity contribution in [1.82, 2.24) is 4.90 Å². The van der Waals surface area contributed by atoms with Crippen LogP contribution < -0.4 is 14.5 Å². The van der Waals surface area contributed by atoms with Gasteiger partial charge in [-0.3, -0.25) is 4.79 Å². The maximum Gasteiger partial charge on any atom is 0.416 e. The number of anilines is 2. The molecule has 2 atom stereocenters. The third kappa shape index (κ3) is 5.17. The molecule has 3 aromatic rings. The first-order valence-electron chi connectivity index (χ1n) is 13.1. The standard InChI is InChI=1S/C30H31F3N4O3/c1-19-7-6-8-22(17-19)35-13-15-36(16-14-35)29-34-24-10-5-4-9-23(24)27(20(2)28(38)39)37(29)25-18-21(30(31,32)33)11-12-26(25)40-3/h4-12,17-18,20,27H,13-16H2,1-3H3,(H,38,39). The van der Waals surface area contributed by atoms with Crippen LogP contribution in [-0.4, -0.2) is 55.2 Å². The van der Waals surface area contributed by atoms with Gasteiger partial charge in [-0.15, -0.1) is 0 Å². The first-order valence-corrected chi connectivity index (χ1v) is 13.1. The van der Waals surface area contributed by atoms with Crippen LogP contribution in [0.25, 0.3) is 0 Å². The van der Waals surface area contributed by atoms with E-state index in [-0.39, 0.29) is 11.4 Å². The number of aliphatic imine (C=N–C) groups is 1. The largest absolute Gasteiger partial charge is 0.495 e. The average Bonchev–Trinajstić information content (AvgIpc) is 2.95. The molecule has 0 saturated carbocycles. The quantitative estimate of drug-likeness (QED) is 0.412. The van der Waals surface area contributed by atoms with Gasteiger partial charge in [0, 0.05) is 37.4 Å². The first kappa shape index (κ1) is 27.4.